The van der Waals surface area contributed by atoms with Crippen molar-refractivity contribution in [3.63, 3.8) is 0 Å². The minimum atomic E-state index is -0.859. The molecule has 0 saturated heterocycles. The van der Waals surface area contributed by atoms with E-state index in [1.165, 1.54) is 141 Å². The number of carbonyl (C=O) groups excluding carboxylic acids is 2. The van der Waals surface area contributed by atoms with Crippen LogP contribution in [0.25, 0.3) is 0 Å². The molecule has 0 saturated carbocycles. The maximum absolute atomic E-state index is 12.4. The lowest BCUT2D eigenvalue weighted by Crippen LogP contribution is -2.45. The third-order valence-electron chi connectivity index (χ3n) is 10.7. The molecule has 3 N–H and O–H groups in total. The van der Waals surface area contributed by atoms with Crippen LogP contribution in [0.2, 0.25) is 0 Å². The summed E-state index contributed by atoms with van der Waals surface area (Å²) >= 11 is 0. The summed E-state index contributed by atoms with van der Waals surface area (Å²) in [4.78, 5) is 24.3. The summed E-state index contributed by atoms with van der Waals surface area (Å²) in [6, 6.07) is -0.644. The molecule has 0 rings (SSSR count). The van der Waals surface area contributed by atoms with Gasteiger partial charge in [-0.2, -0.15) is 0 Å². The van der Waals surface area contributed by atoms with Crippen LogP contribution < -0.4 is 5.32 Å². The quantitative estimate of drug-likeness (QED) is 0.0327. The molecule has 0 aliphatic carbocycles. The molecule has 0 fully saturated rings. The average molecular weight is 762 g/mol. The van der Waals surface area contributed by atoms with Gasteiger partial charge in [-0.1, -0.05) is 192 Å². The van der Waals surface area contributed by atoms with E-state index in [1.807, 2.05) is 6.08 Å². The van der Waals surface area contributed by atoms with E-state index in [1.54, 1.807) is 6.08 Å². The van der Waals surface area contributed by atoms with Gasteiger partial charge in [-0.15, -0.1) is 0 Å². The molecule has 0 aliphatic rings. The summed E-state index contributed by atoms with van der Waals surface area (Å²) in [5.74, 6) is -0.120. The number of aliphatic hydroxyl groups excluding tert-OH is 2. The van der Waals surface area contributed by atoms with Crippen molar-refractivity contribution >= 4 is 11.9 Å². The second kappa shape index (κ2) is 44.1. The first-order chi connectivity index (χ1) is 26.5. The zero-order chi connectivity index (χ0) is 39.4. The van der Waals surface area contributed by atoms with Gasteiger partial charge in [-0.3, -0.25) is 9.59 Å². The number of allylic oxidation sites excluding steroid dienone is 3. The predicted molar refractivity (Wildman–Crippen MR) is 232 cm³/mol. The van der Waals surface area contributed by atoms with Gasteiger partial charge < -0.3 is 20.3 Å². The number of unbranched alkanes of at least 4 members (excludes halogenated alkanes) is 30. The molecule has 2 atom stereocenters. The predicted octanol–water partition coefficient (Wildman–Crippen LogP) is 13.6. The lowest BCUT2D eigenvalue weighted by atomic mass is 10.0. The fourth-order valence-corrected chi connectivity index (χ4v) is 7.04. The Hall–Kier alpha value is -1.66. The number of amides is 1. The molecule has 0 spiro atoms. The molecular formula is C48H91NO5. The summed E-state index contributed by atoms with van der Waals surface area (Å²) in [5, 5.41) is 23.0. The van der Waals surface area contributed by atoms with Crippen molar-refractivity contribution in [1.82, 2.24) is 5.32 Å². The monoisotopic (exact) mass is 762 g/mol. The van der Waals surface area contributed by atoms with E-state index < -0.39 is 12.1 Å². The van der Waals surface area contributed by atoms with E-state index in [0.29, 0.717) is 19.4 Å². The van der Waals surface area contributed by atoms with Crippen LogP contribution in [0.3, 0.4) is 0 Å². The molecule has 2 unspecified atom stereocenters. The number of esters is 1. The SMILES string of the molecule is CCCCCCCCCCCCCC/C=C/C(O)C(CO)NC(=O)CCCCCCC/C=C\CCCCCOC(=O)CCCCCCCCCCCCC. The Morgan fingerprint density at radius 1 is 0.500 bits per heavy atom. The highest BCUT2D eigenvalue weighted by molar-refractivity contribution is 5.76. The first-order valence-electron chi connectivity index (χ1n) is 23.6. The standard InChI is InChI=1S/C48H91NO5/c1-3-5-7-9-11-13-15-16-17-21-24-28-32-36-40-46(51)45(44-50)49-47(52)41-37-33-29-25-22-18-19-23-27-31-35-39-43-54-48(53)42-38-34-30-26-20-14-12-10-8-6-4-2/h19,23,36,40,45-46,50-51H,3-18,20-22,24-35,37-39,41-44H2,1-2H3,(H,49,52)/b23-19-,40-36+. The van der Waals surface area contributed by atoms with Gasteiger partial charge in [0.05, 0.1) is 25.4 Å². The van der Waals surface area contributed by atoms with Gasteiger partial charge in [0.25, 0.3) is 0 Å². The van der Waals surface area contributed by atoms with Crippen LogP contribution in [-0.2, 0) is 14.3 Å². The first kappa shape index (κ1) is 52.3. The summed E-state index contributed by atoms with van der Waals surface area (Å²) in [6.07, 6.45) is 50.2. The molecule has 318 valence electrons. The highest BCUT2D eigenvalue weighted by Gasteiger charge is 2.18. The van der Waals surface area contributed by atoms with Gasteiger partial charge in [0, 0.05) is 12.8 Å². The largest absolute Gasteiger partial charge is 0.466 e. The fourth-order valence-electron chi connectivity index (χ4n) is 7.04. The molecule has 1 amide bonds. The third kappa shape index (κ3) is 40.0. The fraction of sp³-hybridized carbons (Fsp3) is 0.875. The van der Waals surface area contributed by atoms with Crippen molar-refractivity contribution in [2.45, 2.75) is 257 Å². The van der Waals surface area contributed by atoms with Crippen molar-refractivity contribution < 1.29 is 24.5 Å². The van der Waals surface area contributed by atoms with Gasteiger partial charge in [-0.05, 0) is 64.2 Å². The normalized spacial score (nSPS) is 12.9. The van der Waals surface area contributed by atoms with E-state index in [-0.39, 0.29) is 18.5 Å². The van der Waals surface area contributed by atoms with Crippen molar-refractivity contribution in [1.29, 1.82) is 0 Å². The first-order valence-corrected chi connectivity index (χ1v) is 23.6. The Labute approximate surface area is 335 Å². The van der Waals surface area contributed by atoms with Crippen LogP contribution in [-0.4, -0.2) is 47.4 Å². The van der Waals surface area contributed by atoms with Gasteiger partial charge in [0.1, 0.15) is 0 Å². The van der Waals surface area contributed by atoms with Gasteiger partial charge in [0.2, 0.25) is 5.91 Å². The molecule has 0 aromatic carbocycles. The van der Waals surface area contributed by atoms with Crippen molar-refractivity contribution in [3.8, 4) is 0 Å². The van der Waals surface area contributed by atoms with Crippen molar-refractivity contribution in [2.24, 2.45) is 0 Å². The lowest BCUT2D eigenvalue weighted by molar-refractivity contribution is -0.143. The molecular weight excluding hydrogens is 671 g/mol. The Balaban J connectivity index is 3.56. The average Bonchev–Trinajstić information content (AvgIpc) is 3.17. The molecule has 0 aliphatic heterocycles. The van der Waals surface area contributed by atoms with Crippen molar-refractivity contribution in [2.75, 3.05) is 13.2 Å². The lowest BCUT2D eigenvalue weighted by Gasteiger charge is -2.20. The molecule has 6 heteroatoms. The summed E-state index contributed by atoms with van der Waals surface area (Å²) in [6.45, 7) is 4.82. The van der Waals surface area contributed by atoms with Gasteiger partial charge in [0.15, 0.2) is 0 Å². The number of ether oxygens (including phenoxy) is 1. The van der Waals surface area contributed by atoms with Crippen LogP contribution in [0.15, 0.2) is 24.3 Å². The number of carbonyl (C=O) groups is 2. The minimum absolute atomic E-state index is 0.0253. The Bertz CT molecular complexity index is 843. The summed E-state index contributed by atoms with van der Waals surface area (Å²) in [7, 11) is 0. The number of hydrogen-bond donors (Lipinski definition) is 3. The van der Waals surface area contributed by atoms with E-state index in [0.717, 1.165) is 77.0 Å². The number of aliphatic hydroxyl groups is 2. The van der Waals surface area contributed by atoms with Crippen LogP contribution >= 0.6 is 0 Å². The Morgan fingerprint density at radius 3 is 1.31 bits per heavy atom. The number of nitrogens with one attached hydrogen (secondary N) is 1. The zero-order valence-electron chi connectivity index (χ0n) is 36.0. The number of rotatable bonds is 43. The molecule has 6 nitrogen and oxygen atoms in total. The third-order valence-corrected chi connectivity index (χ3v) is 10.7. The van der Waals surface area contributed by atoms with Crippen LogP contribution in [0, 0.1) is 0 Å². The van der Waals surface area contributed by atoms with E-state index in [4.69, 9.17) is 4.74 Å². The van der Waals surface area contributed by atoms with Gasteiger partial charge in [-0.25, -0.2) is 0 Å². The van der Waals surface area contributed by atoms with Crippen molar-refractivity contribution in [3.05, 3.63) is 24.3 Å². The second-order valence-electron chi connectivity index (χ2n) is 16.1. The zero-order valence-corrected chi connectivity index (χ0v) is 36.0. The van der Waals surface area contributed by atoms with E-state index in [2.05, 4.69) is 31.3 Å². The molecule has 54 heavy (non-hydrogen) atoms. The molecule has 0 radical (unpaired) electrons. The Kier molecular flexibility index (Phi) is 42.7. The molecule has 0 aromatic heterocycles. The highest BCUT2D eigenvalue weighted by Crippen LogP contribution is 2.15. The molecule has 0 bridgehead atoms. The number of hydrogen-bond acceptors (Lipinski definition) is 5. The van der Waals surface area contributed by atoms with E-state index in [9.17, 15) is 19.8 Å². The van der Waals surface area contributed by atoms with Crippen LogP contribution in [0.5, 0.6) is 0 Å². The van der Waals surface area contributed by atoms with E-state index >= 15 is 0 Å². The maximum Gasteiger partial charge on any atom is 0.305 e. The molecule has 0 aromatic rings. The second-order valence-corrected chi connectivity index (χ2v) is 16.1. The van der Waals surface area contributed by atoms with Crippen LogP contribution in [0.4, 0.5) is 0 Å². The highest BCUT2D eigenvalue weighted by atomic mass is 16.5. The smallest absolute Gasteiger partial charge is 0.305 e. The topological polar surface area (TPSA) is 95.9 Å². The van der Waals surface area contributed by atoms with Crippen LogP contribution in [0.1, 0.15) is 245 Å². The van der Waals surface area contributed by atoms with Gasteiger partial charge >= 0.3 is 5.97 Å². The molecule has 0 heterocycles. The summed E-state index contributed by atoms with van der Waals surface area (Å²) < 4.78 is 5.42. The Morgan fingerprint density at radius 2 is 0.870 bits per heavy atom. The summed E-state index contributed by atoms with van der Waals surface area (Å²) in [5.41, 5.74) is 0. The minimum Gasteiger partial charge on any atom is -0.466 e. The maximum atomic E-state index is 12.4.